The Labute approximate surface area is 153 Å². The molecule has 0 aliphatic carbocycles. The lowest BCUT2D eigenvalue weighted by Crippen LogP contribution is -2.37. The van der Waals surface area contributed by atoms with Gasteiger partial charge in [-0.05, 0) is 30.0 Å². The topological polar surface area (TPSA) is 55.2 Å². The molecule has 3 aromatic rings. The number of aromatic nitrogens is 2. The predicted octanol–water partition coefficient (Wildman–Crippen LogP) is 3.38. The fourth-order valence-electron chi connectivity index (χ4n) is 2.97. The minimum absolute atomic E-state index is 0.00700. The van der Waals surface area contributed by atoms with Crippen molar-refractivity contribution in [2.45, 2.75) is 30.0 Å². The summed E-state index contributed by atoms with van der Waals surface area (Å²) in [6, 6.07) is 9.78. The zero-order valence-corrected chi connectivity index (χ0v) is 15.3. The highest BCUT2D eigenvalue weighted by Crippen LogP contribution is 2.37. The lowest BCUT2D eigenvalue weighted by atomic mass is 10.2. The molecule has 1 aliphatic heterocycles. The van der Waals surface area contributed by atoms with Gasteiger partial charge in [-0.2, -0.15) is 0 Å². The molecule has 1 unspecified atom stereocenters. The molecule has 5 nitrogen and oxygen atoms in total. The Kier molecular flexibility index (Phi) is 4.35. The summed E-state index contributed by atoms with van der Waals surface area (Å²) in [5.74, 6) is -0.0815. The SMILES string of the molecule is CC1CCN(C(=O)Cn2cnc3ccsc3c2=O)c2ccccc2S1. The third kappa shape index (κ3) is 3.09. The van der Waals surface area contributed by atoms with Gasteiger partial charge in [0.05, 0.1) is 17.5 Å². The van der Waals surface area contributed by atoms with Crippen LogP contribution in [0.1, 0.15) is 13.3 Å². The smallest absolute Gasteiger partial charge is 0.271 e. The highest BCUT2D eigenvalue weighted by atomic mass is 32.2. The zero-order chi connectivity index (χ0) is 17.4. The van der Waals surface area contributed by atoms with Crippen LogP contribution in [0.3, 0.4) is 0 Å². The molecule has 0 spiro atoms. The average molecular weight is 371 g/mol. The monoisotopic (exact) mass is 371 g/mol. The van der Waals surface area contributed by atoms with E-state index in [-0.39, 0.29) is 18.0 Å². The summed E-state index contributed by atoms with van der Waals surface area (Å²) in [6.45, 7) is 2.84. The van der Waals surface area contributed by atoms with Gasteiger partial charge in [-0.1, -0.05) is 19.1 Å². The number of carbonyl (C=O) groups excluding carboxylic acids is 1. The number of thiophene rings is 1. The Morgan fingerprint density at radius 1 is 1.32 bits per heavy atom. The Bertz CT molecular complexity index is 995. The van der Waals surface area contributed by atoms with Crippen LogP contribution in [0, 0.1) is 0 Å². The second-order valence-electron chi connectivity index (χ2n) is 6.04. The van der Waals surface area contributed by atoms with E-state index in [9.17, 15) is 9.59 Å². The standard InChI is InChI=1S/C18H17N3O2S2/c1-12-6-8-21(14-4-2-3-5-15(14)25-12)16(22)10-20-11-19-13-7-9-24-17(13)18(20)23/h2-5,7,9,11-12H,6,8,10H2,1H3. The first kappa shape index (κ1) is 16.4. The number of thioether (sulfide) groups is 1. The molecule has 0 radical (unpaired) electrons. The molecule has 1 amide bonds. The Balaban J connectivity index is 1.66. The molecule has 4 rings (SSSR count). The van der Waals surface area contributed by atoms with Crippen molar-refractivity contribution >= 4 is 44.9 Å². The van der Waals surface area contributed by atoms with E-state index in [0.29, 0.717) is 22.0 Å². The summed E-state index contributed by atoms with van der Waals surface area (Å²) in [4.78, 5) is 32.7. The average Bonchev–Trinajstić information content (AvgIpc) is 3.01. The molecule has 0 bridgehead atoms. The summed E-state index contributed by atoms with van der Waals surface area (Å²) < 4.78 is 2.00. The van der Waals surface area contributed by atoms with Crippen LogP contribution in [-0.2, 0) is 11.3 Å². The van der Waals surface area contributed by atoms with Crippen molar-refractivity contribution in [1.82, 2.24) is 9.55 Å². The van der Waals surface area contributed by atoms with Gasteiger partial charge in [0, 0.05) is 16.7 Å². The van der Waals surface area contributed by atoms with E-state index in [1.54, 1.807) is 16.7 Å². The Morgan fingerprint density at radius 3 is 3.04 bits per heavy atom. The van der Waals surface area contributed by atoms with Gasteiger partial charge in [0.2, 0.25) is 5.91 Å². The number of anilines is 1. The normalized spacial score (nSPS) is 17.3. The molecule has 2 aromatic heterocycles. The molecule has 0 saturated carbocycles. The van der Waals surface area contributed by atoms with Crippen molar-refractivity contribution in [2.75, 3.05) is 11.4 Å². The molecule has 25 heavy (non-hydrogen) atoms. The fourth-order valence-corrected chi connectivity index (χ4v) is 4.87. The van der Waals surface area contributed by atoms with E-state index < -0.39 is 0 Å². The molecule has 0 fully saturated rings. The maximum atomic E-state index is 12.9. The first-order valence-electron chi connectivity index (χ1n) is 8.12. The highest BCUT2D eigenvalue weighted by Gasteiger charge is 2.24. The van der Waals surface area contributed by atoms with Crippen LogP contribution in [0.25, 0.3) is 10.2 Å². The van der Waals surface area contributed by atoms with Crippen molar-refractivity contribution in [1.29, 1.82) is 0 Å². The van der Waals surface area contributed by atoms with Crippen LogP contribution < -0.4 is 10.5 Å². The minimum atomic E-state index is -0.154. The van der Waals surface area contributed by atoms with Gasteiger partial charge in [0.15, 0.2) is 0 Å². The van der Waals surface area contributed by atoms with E-state index in [1.165, 1.54) is 22.2 Å². The summed E-state index contributed by atoms with van der Waals surface area (Å²) in [6.07, 6.45) is 2.39. The number of benzene rings is 1. The van der Waals surface area contributed by atoms with Gasteiger partial charge in [-0.15, -0.1) is 23.1 Å². The third-order valence-corrected chi connectivity index (χ3v) is 6.41. The summed E-state index contributed by atoms with van der Waals surface area (Å²) >= 11 is 3.15. The number of hydrogen-bond acceptors (Lipinski definition) is 5. The first-order valence-corrected chi connectivity index (χ1v) is 9.88. The molecule has 7 heteroatoms. The van der Waals surface area contributed by atoms with Crippen molar-refractivity contribution in [3.8, 4) is 0 Å². The van der Waals surface area contributed by atoms with Crippen LogP contribution in [0.5, 0.6) is 0 Å². The van der Waals surface area contributed by atoms with Crippen LogP contribution in [0.4, 0.5) is 5.69 Å². The second kappa shape index (κ2) is 6.65. The Hall–Kier alpha value is -2.12. The Morgan fingerprint density at radius 2 is 2.16 bits per heavy atom. The minimum Gasteiger partial charge on any atom is -0.310 e. The van der Waals surface area contributed by atoms with Gasteiger partial charge in [-0.3, -0.25) is 14.2 Å². The molecule has 1 aliphatic rings. The lowest BCUT2D eigenvalue weighted by Gasteiger charge is -2.22. The first-order chi connectivity index (χ1) is 12.1. The van der Waals surface area contributed by atoms with Crippen molar-refractivity contribution in [3.05, 3.63) is 52.4 Å². The van der Waals surface area contributed by atoms with Gasteiger partial charge < -0.3 is 4.90 Å². The van der Waals surface area contributed by atoms with Crippen molar-refractivity contribution in [3.63, 3.8) is 0 Å². The number of fused-ring (bicyclic) bond motifs is 2. The molecule has 1 aromatic carbocycles. The van der Waals surface area contributed by atoms with Crippen LogP contribution >= 0.6 is 23.1 Å². The van der Waals surface area contributed by atoms with Gasteiger partial charge >= 0.3 is 0 Å². The summed E-state index contributed by atoms with van der Waals surface area (Å²) in [5, 5.41) is 2.29. The number of para-hydroxylation sites is 1. The van der Waals surface area contributed by atoms with Crippen molar-refractivity contribution in [2.24, 2.45) is 0 Å². The summed E-state index contributed by atoms with van der Waals surface area (Å²) in [7, 11) is 0. The molecule has 3 heterocycles. The molecular weight excluding hydrogens is 354 g/mol. The van der Waals surface area contributed by atoms with E-state index in [4.69, 9.17) is 0 Å². The van der Waals surface area contributed by atoms with Crippen LogP contribution in [0.15, 0.2) is 51.7 Å². The largest absolute Gasteiger partial charge is 0.310 e. The fraction of sp³-hybridized carbons (Fsp3) is 0.278. The van der Waals surface area contributed by atoms with E-state index >= 15 is 0 Å². The van der Waals surface area contributed by atoms with Crippen LogP contribution in [-0.4, -0.2) is 27.3 Å². The lowest BCUT2D eigenvalue weighted by molar-refractivity contribution is -0.119. The summed E-state index contributed by atoms with van der Waals surface area (Å²) in [5.41, 5.74) is 1.46. The quantitative estimate of drug-likeness (QED) is 0.693. The molecule has 1 atom stereocenters. The number of hydrogen-bond donors (Lipinski definition) is 0. The maximum absolute atomic E-state index is 12.9. The zero-order valence-electron chi connectivity index (χ0n) is 13.7. The molecular formula is C18H17N3O2S2. The van der Waals surface area contributed by atoms with E-state index in [2.05, 4.69) is 11.9 Å². The predicted molar refractivity (Wildman–Crippen MR) is 103 cm³/mol. The van der Waals surface area contributed by atoms with E-state index in [0.717, 1.165) is 17.0 Å². The number of nitrogens with zero attached hydrogens (tertiary/aromatic N) is 3. The van der Waals surface area contributed by atoms with Gasteiger partial charge in [0.25, 0.3) is 5.56 Å². The number of carbonyl (C=O) groups is 1. The number of rotatable bonds is 2. The van der Waals surface area contributed by atoms with Gasteiger partial charge in [-0.25, -0.2) is 4.98 Å². The highest BCUT2D eigenvalue weighted by molar-refractivity contribution is 8.00. The van der Waals surface area contributed by atoms with Crippen LogP contribution in [0.2, 0.25) is 0 Å². The second-order valence-corrected chi connectivity index (χ2v) is 8.44. The van der Waals surface area contributed by atoms with Crippen molar-refractivity contribution < 1.29 is 4.79 Å². The van der Waals surface area contributed by atoms with E-state index in [1.807, 2.05) is 35.7 Å². The molecule has 0 saturated heterocycles. The maximum Gasteiger partial charge on any atom is 0.271 e. The van der Waals surface area contributed by atoms with Gasteiger partial charge in [0.1, 0.15) is 11.2 Å². The molecule has 0 N–H and O–H groups in total. The third-order valence-electron chi connectivity index (χ3n) is 4.29. The molecule has 128 valence electrons. The number of amides is 1.